The molecule has 2 N–H and O–H groups in total. The molecule has 10 heavy (non-hydrogen) atoms. The molecule has 0 bridgehead atoms. The molecule has 1 rings (SSSR count). The van der Waals surface area contributed by atoms with E-state index in [2.05, 4.69) is 4.99 Å². The first kappa shape index (κ1) is 6.88. The van der Waals surface area contributed by atoms with Gasteiger partial charge in [-0.15, -0.1) is 0 Å². The van der Waals surface area contributed by atoms with Gasteiger partial charge >= 0.3 is 6.03 Å². The van der Waals surface area contributed by atoms with Crippen LogP contribution in [0.4, 0.5) is 4.79 Å². The first-order valence-corrected chi connectivity index (χ1v) is 2.65. The van der Waals surface area contributed by atoms with Gasteiger partial charge in [-0.1, -0.05) is 0 Å². The molecule has 0 spiro atoms. The van der Waals surface area contributed by atoms with E-state index in [0.29, 0.717) is 0 Å². The molecule has 54 valence electrons. The highest BCUT2D eigenvalue weighted by Gasteiger charge is 2.32. The van der Waals surface area contributed by atoms with Crippen molar-refractivity contribution in [2.45, 2.75) is 12.5 Å². The number of nitrogens with one attached hydrogen (secondary N) is 1. The third-order valence-electron chi connectivity index (χ3n) is 1.11. The second-order valence-corrected chi connectivity index (χ2v) is 2.16. The quantitative estimate of drug-likeness (QED) is 0.458. The van der Waals surface area contributed by atoms with Crippen LogP contribution in [0, 0.1) is 0 Å². The lowest BCUT2D eigenvalue weighted by molar-refractivity contribution is -0.131. The number of carbonyl (C=O) groups is 2. The zero-order chi connectivity index (χ0) is 7.78. The van der Waals surface area contributed by atoms with Crippen LogP contribution in [0.25, 0.3) is 0 Å². The maximum Gasteiger partial charge on any atom is 0.347 e. The third kappa shape index (κ3) is 1.03. The van der Waals surface area contributed by atoms with Gasteiger partial charge in [0.1, 0.15) is 0 Å². The Balaban J connectivity index is 2.93. The van der Waals surface area contributed by atoms with Gasteiger partial charge in [0.25, 0.3) is 5.91 Å². The molecule has 0 saturated carbocycles. The molecule has 1 aliphatic heterocycles. The Morgan fingerprint density at radius 1 is 1.70 bits per heavy atom. The molecule has 0 saturated heterocycles. The normalized spacial score (nSPS) is 32.2. The van der Waals surface area contributed by atoms with Crippen molar-refractivity contribution in [1.29, 1.82) is 0 Å². The molecule has 0 aromatic heterocycles. The molecule has 1 aliphatic rings. The van der Waals surface area contributed by atoms with Crippen LogP contribution in [0.5, 0.6) is 0 Å². The van der Waals surface area contributed by atoms with Crippen LogP contribution in [0.1, 0.15) is 6.92 Å². The number of amides is 3. The van der Waals surface area contributed by atoms with Gasteiger partial charge in [0.15, 0.2) is 5.60 Å². The van der Waals surface area contributed by atoms with E-state index in [0.717, 1.165) is 6.21 Å². The van der Waals surface area contributed by atoms with E-state index in [4.69, 9.17) is 5.11 Å². The summed E-state index contributed by atoms with van der Waals surface area (Å²) in [6.07, 6.45) is 0.911. The minimum absolute atomic E-state index is 0.739. The van der Waals surface area contributed by atoms with Crippen LogP contribution >= 0.6 is 0 Å². The fourth-order valence-electron chi connectivity index (χ4n) is 0.499. The summed E-state index contributed by atoms with van der Waals surface area (Å²) >= 11 is 0. The number of carbonyl (C=O) groups excluding carboxylic acids is 2. The highest BCUT2D eigenvalue weighted by atomic mass is 16.3. The van der Waals surface area contributed by atoms with Crippen LogP contribution < -0.4 is 5.32 Å². The molecule has 5 heteroatoms. The van der Waals surface area contributed by atoms with Crippen LogP contribution in [0.2, 0.25) is 0 Å². The Kier molecular flexibility index (Phi) is 1.29. The minimum atomic E-state index is -1.64. The van der Waals surface area contributed by atoms with E-state index in [-0.39, 0.29) is 0 Å². The Bertz CT molecular complexity index is 219. The van der Waals surface area contributed by atoms with Crippen molar-refractivity contribution in [3.63, 3.8) is 0 Å². The maximum absolute atomic E-state index is 10.7. The Morgan fingerprint density at radius 3 is 2.70 bits per heavy atom. The van der Waals surface area contributed by atoms with Crippen LogP contribution in [-0.4, -0.2) is 28.9 Å². The van der Waals surface area contributed by atoms with Gasteiger partial charge in [-0.25, -0.2) is 9.79 Å². The number of hydrogen-bond acceptors (Lipinski definition) is 3. The summed E-state index contributed by atoms with van der Waals surface area (Å²) in [7, 11) is 0. The summed E-state index contributed by atoms with van der Waals surface area (Å²) in [5, 5.41) is 10.9. The van der Waals surface area contributed by atoms with E-state index in [1.54, 1.807) is 0 Å². The lowest BCUT2D eigenvalue weighted by atomic mass is 10.1. The molecule has 1 unspecified atom stereocenters. The second-order valence-electron chi connectivity index (χ2n) is 2.16. The van der Waals surface area contributed by atoms with Gasteiger partial charge in [0.2, 0.25) is 0 Å². The van der Waals surface area contributed by atoms with Crippen LogP contribution in [0.3, 0.4) is 0 Å². The number of hydrogen-bond donors (Lipinski definition) is 2. The summed E-state index contributed by atoms with van der Waals surface area (Å²) in [5.74, 6) is -0.743. The number of urea groups is 1. The molecule has 5 nitrogen and oxygen atoms in total. The molecule has 1 heterocycles. The summed E-state index contributed by atoms with van der Waals surface area (Å²) in [6.45, 7) is 1.25. The van der Waals surface area contributed by atoms with Crippen molar-refractivity contribution < 1.29 is 14.7 Å². The molecule has 1 atom stereocenters. The van der Waals surface area contributed by atoms with Gasteiger partial charge in [-0.2, -0.15) is 0 Å². The van der Waals surface area contributed by atoms with Crippen LogP contribution in [-0.2, 0) is 4.79 Å². The molecule has 0 aromatic carbocycles. The van der Waals surface area contributed by atoms with E-state index in [1.807, 2.05) is 5.32 Å². The Morgan fingerprint density at radius 2 is 2.30 bits per heavy atom. The predicted octanol–water partition coefficient (Wildman–Crippen LogP) is -0.942. The van der Waals surface area contributed by atoms with Crippen molar-refractivity contribution in [3.05, 3.63) is 0 Å². The Hall–Kier alpha value is -1.23. The monoisotopic (exact) mass is 142 g/mol. The number of rotatable bonds is 0. The first-order chi connectivity index (χ1) is 4.52. The van der Waals surface area contributed by atoms with E-state index < -0.39 is 17.5 Å². The minimum Gasteiger partial charge on any atom is -0.375 e. The van der Waals surface area contributed by atoms with Crippen molar-refractivity contribution in [1.82, 2.24) is 5.32 Å². The summed E-state index contributed by atoms with van der Waals surface area (Å²) < 4.78 is 0. The molecular weight excluding hydrogens is 136 g/mol. The van der Waals surface area contributed by atoms with Gasteiger partial charge in [-0.05, 0) is 6.92 Å². The van der Waals surface area contributed by atoms with Crippen molar-refractivity contribution in [2.24, 2.45) is 4.99 Å². The van der Waals surface area contributed by atoms with Crippen molar-refractivity contribution in [3.8, 4) is 0 Å². The molecule has 0 radical (unpaired) electrons. The lowest BCUT2D eigenvalue weighted by Gasteiger charge is -2.18. The smallest absolute Gasteiger partial charge is 0.347 e. The predicted molar refractivity (Wildman–Crippen MR) is 32.7 cm³/mol. The summed E-state index contributed by atoms with van der Waals surface area (Å²) in [6, 6.07) is -0.739. The van der Waals surface area contributed by atoms with E-state index in [1.165, 1.54) is 6.92 Å². The fraction of sp³-hybridized carbons (Fsp3) is 0.400. The van der Waals surface area contributed by atoms with Crippen molar-refractivity contribution >= 4 is 18.2 Å². The highest BCUT2D eigenvalue weighted by molar-refractivity contribution is 6.14. The molecule has 0 aromatic rings. The van der Waals surface area contributed by atoms with Gasteiger partial charge in [-0.3, -0.25) is 10.1 Å². The summed E-state index contributed by atoms with van der Waals surface area (Å²) in [4.78, 5) is 24.2. The topological polar surface area (TPSA) is 78.8 Å². The van der Waals surface area contributed by atoms with Gasteiger partial charge in [0.05, 0.1) is 6.21 Å². The van der Waals surface area contributed by atoms with Crippen LogP contribution in [0.15, 0.2) is 4.99 Å². The van der Waals surface area contributed by atoms with E-state index >= 15 is 0 Å². The fourth-order valence-corrected chi connectivity index (χ4v) is 0.499. The van der Waals surface area contributed by atoms with Gasteiger partial charge in [0, 0.05) is 0 Å². The SMILES string of the molecule is CC1(O)C=NC(=O)NC1=O. The number of aliphatic imine (C=N–C) groups is 1. The van der Waals surface area contributed by atoms with Crippen molar-refractivity contribution in [2.75, 3.05) is 0 Å². The molecular formula is C5H6N2O3. The third-order valence-corrected chi connectivity index (χ3v) is 1.11. The zero-order valence-corrected chi connectivity index (χ0v) is 5.29. The Labute approximate surface area is 56.8 Å². The number of aliphatic hydroxyl groups is 1. The zero-order valence-electron chi connectivity index (χ0n) is 5.29. The number of imide groups is 1. The first-order valence-electron chi connectivity index (χ1n) is 2.65. The summed E-state index contributed by atoms with van der Waals surface area (Å²) in [5.41, 5.74) is -1.64. The van der Waals surface area contributed by atoms with E-state index in [9.17, 15) is 9.59 Å². The molecule has 3 amide bonds. The average molecular weight is 142 g/mol. The molecule has 0 aliphatic carbocycles. The largest absolute Gasteiger partial charge is 0.375 e. The average Bonchev–Trinajstić information content (AvgIpc) is 1.81. The van der Waals surface area contributed by atoms with Gasteiger partial charge < -0.3 is 5.11 Å². The number of nitrogens with zero attached hydrogens (tertiary/aromatic N) is 1. The maximum atomic E-state index is 10.7. The second kappa shape index (κ2) is 1.88. The lowest BCUT2D eigenvalue weighted by Crippen LogP contribution is -2.50. The molecule has 0 fully saturated rings. The highest BCUT2D eigenvalue weighted by Crippen LogP contribution is 2.03. The standard InChI is InChI=1S/C5H6N2O3/c1-5(10)2-6-4(9)7-3(5)8/h2,10H,1H3,(H,7,8,9).